The molecule has 0 radical (unpaired) electrons. The van der Waals surface area contributed by atoms with Gasteiger partial charge in [0.2, 0.25) is 0 Å². The van der Waals surface area contributed by atoms with Crippen LogP contribution in [0.1, 0.15) is 37.1 Å². The van der Waals surface area contributed by atoms with Gasteiger partial charge in [0.25, 0.3) is 0 Å². The van der Waals surface area contributed by atoms with E-state index >= 15 is 0 Å². The summed E-state index contributed by atoms with van der Waals surface area (Å²) in [5, 5.41) is 5.55. The van der Waals surface area contributed by atoms with Crippen LogP contribution in [0, 0.1) is 0 Å². The van der Waals surface area contributed by atoms with Crippen molar-refractivity contribution in [2.45, 2.75) is 36.9 Å². The van der Waals surface area contributed by atoms with E-state index in [2.05, 4.69) is 15.0 Å². The average molecular weight is 418 g/mol. The van der Waals surface area contributed by atoms with Crippen LogP contribution in [-0.2, 0) is 13.2 Å². The lowest BCUT2D eigenvalue weighted by atomic mass is 10.2. The monoisotopic (exact) mass is 418 g/mol. The predicted octanol–water partition coefficient (Wildman–Crippen LogP) is 4.69. The maximum atomic E-state index is 13.1. The van der Waals surface area contributed by atoms with Gasteiger partial charge in [0.05, 0.1) is 22.8 Å². The normalized spacial score (nSPS) is 14.9. The van der Waals surface area contributed by atoms with Crippen molar-refractivity contribution >= 4 is 28.4 Å². The standard InChI is InChI=1S/C19H17F3N6S/c1-3-29-18-15(16-23-7-6-12(10-4-5-10)28(16)26-18)17-25-11-8-14(19(20,21)22)24-9-13(11)27(17)2/h6-10H,3-5H2,1-2H3. The Morgan fingerprint density at radius 1 is 1.24 bits per heavy atom. The summed E-state index contributed by atoms with van der Waals surface area (Å²) in [6.45, 7) is 2.03. The van der Waals surface area contributed by atoms with Crippen molar-refractivity contribution in [3.8, 4) is 11.4 Å². The van der Waals surface area contributed by atoms with Crippen LogP contribution in [0.3, 0.4) is 0 Å². The fourth-order valence-electron chi connectivity index (χ4n) is 3.53. The summed E-state index contributed by atoms with van der Waals surface area (Å²) in [4.78, 5) is 12.6. The Kier molecular flexibility index (Phi) is 4.09. The molecule has 0 unspecified atom stereocenters. The van der Waals surface area contributed by atoms with Crippen molar-refractivity contribution in [3.05, 3.63) is 35.9 Å². The maximum Gasteiger partial charge on any atom is 0.433 e. The highest BCUT2D eigenvalue weighted by atomic mass is 32.2. The third-order valence-corrected chi connectivity index (χ3v) is 5.92. The minimum absolute atomic E-state index is 0.245. The molecule has 10 heteroatoms. The molecule has 29 heavy (non-hydrogen) atoms. The van der Waals surface area contributed by atoms with Crippen LogP contribution in [0.25, 0.3) is 28.1 Å². The lowest BCUT2D eigenvalue weighted by Crippen LogP contribution is -2.07. The molecule has 4 heterocycles. The first-order valence-electron chi connectivity index (χ1n) is 9.29. The third kappa shape index (κ3) is 2.97. The van der Waals surface area contributed by atoms with Crippen molar-refractivity contribution in [1.82, 2.24) is 29.1 Å². The van der Waals surface area contributed by atoms with Crippen molar-refractivity contribution in [2.75, 3.05) is 5.75 Å². The van der Waals surface area contributed by atoms with Gasteiger partial charge in [-0.3, -0.25) is 0 Å². The summed E-state index contributed by atoms with van der Waals surface area (Å²) in [6, 6.07) is 2.97. The zero-order chi connectivity index (χ0) is 20.3. The van der Waals surface area contributed by atoms with Gasteiger partial charge in [-0.05, 0) is 30.7 Å². The molecule has 0 N–H and O–H groups in total. The van der Waals surface area contributed by atoms with E-state index in [1.807, 2.05) is 17.5 Å². The van der Waals surface area contributed by atoms with Crippen molar-refractivity contribution < 1.29 is 13.2 Å². The van der Waals surface area contributed by atoms with Crippen LogP contribution >= 0.6 is 11.8 Å². The smallest absolute Gasteiger partial charge is 0.326 e. The number of hydrogen-bond acceptors (Lipinski definition) is 5. The summed E-state index contributed by atoms with van der Waals surface area (Å²) in [5.74, 6) is 1.82. The molecule has 0 amide bonds. The zero-order valence-electron chi connectivity index (χ0n) is 15.7. The molecule has 1 saturated carbocycles. The molecule has 6 nitrogen and oxygen atoms in total. The highest BCUT2D eigenvalue weighted by molar-refractivity contribution is 7.99. The largest absolute Gasteiger partial charge is 0.433 e. The van der Waals surface area contributed by atoms with Gasteiger partial charge in [-0.15, -0.1) is 11.8 Å². The molecule has 0 spiro atoms. The molecule has 4 aromatic rings. The van der Waals surface area contributed by atoms with Gasteiger partial charge in [0, 0.05) is 24.9 Å². The lowest BCUT2D eigenvalue weighted by Gasteiger charge is -2.05. The van der Waals surface area contributed by atoms with Crippen LogP contribution in [0.15, 0.2) is 29.6 Å². The van der Waals surface area contributed by atoms with E-state index in [1.54, 1.807) is 29.6 Å². The van der Waals surface area contributed by atoms with Crippen molar-refractivity contribution in [2.24, 2.45) is 7.05 Å². The molecule has 0 aliphatic heterocycles. The van der Waals surface area contributed by atoms with Gasteiger partial charge < -0.3 is 4.57 Å². The number of rotatable bonds is 4. The van der Waals surface area contributed by atoms with Crippen LogP contribution in [0.4, 0.5) is 13.2 Å². The van der Waals surface area contributed by atoms with Crippen molar-refractivity contribution in [3.63, 3.8) is 0 Å². The second-order valence-corrected chi connectivity index (χ2v) is 8.30. The molecule has 150 valence electrons. The molecule has 5 rings (SSSR count). The van der Waals surface area contributed by atoms with Crippen LogP contribution < -0.4 is 0 Å². The molecule has 0 atom stereocenters. The minimum atomic E-state index is -4.51. The molecule has 0 saturated heterocycles. The number of alkyl halides is 3. The first kappa shape index (κ1) is 18.4. The summed E-state index contributed by atoms with van der Waals surface area (Å²) in [5.41, 5.74) is 2.35. The van der Waals surface area contributed by atoms with E-state index in [0.29, 0.717) is 22.9 Å². The number of aryl methyl sites for hydroxylation is 1. The summed E-state index contributed by atoms with van der Waals surface area (Å²) >= 11 is 1.57. The third-order valence-electron chi connectivity index (χ3n) is 5.07. The molecule has 1 fully saturated rings. The highest BCUT2D eigenvalue weighted by Crippen LogP contribution is 2.42. The number of nitrogens with zero attached hydrogens (tertiary/aromatic N) is 6. The molecule has 0 aromatic carbocycles. The number of hydrogen-bond donors (Lipinski definition) is 0. The van der Waals surface area contributed by atoms with Gasteiger partial charge in [-0.1, -0.05) is 6.92 Å². The predicted molar refractivity (Wildman–Crippen MR) is 104 cm³/mol. The quantitative estimate of drug-likeness (QED) is 0.450. The van der Waals surface area contributed by atoms with Gasteiger partial charge in [-0.2, -0.15) is 18.3 Å². The fourth-order valence-corrected chi connectivity index (χ4v) is 4.27. The second-order valence-electron chi connectivity index (χ2n) is 7.04. The number of halogens is 3. The molecular formula is C19H17F3N6S. The number of aromatic nitrogens is 6. The number of pyridine rings is 1. The topological polar surface area (TPSA) is 60.9 Å². The number of fused-ring (bicyclic) bond motifs is 2. The van der Waals surface area contributed by atoms with Crippen LogP contribution in [0.5, 0.6) is 0 Å². The SMILES string of the molecule is CCSc1nn2c(C3CC3)ccnc2c1-c1nc2cc(C(F)(F)F)ncc2n1C. The molecule has 1 aliphatic carbocycles. The maximum absolute atomic E-state index is 13.1. The van der Waals surface area contributed by atoms with E-state index in [9.17, 15) is 13.2 Å². The molecule has 0 bridgehead atoms. The average Bonchev–Trinajstić information content (AvgIpc) is 3.39. The molecule has 1 aliphatic rings. The lowest BCUT2D eigenvalue weighted by molar-refractivity contribution is -0.141. The number of thioether (sulfide) groups is 1. The Morgan fingerprint density at radius 3 is 2.72 bits per heavy atom. The first-order chi connectivity index (χ1) is 13.9. The second kappa shape index (κ2) is 6.45. The summed E-state index contributed by atoms with van der Waals surface area (Å²) in [7, 11) is 1.77. The first-order valence-corrected chi connectivity index (χ1v) is 10.3. The van der Waals surface area contributed by atoms with E-state index in [1.165, 1.54) is 6.20 Å². The van der Waals surface area contributed by atoms with Crippen molar-refractivity contribution in [1.29, 1.82) is 0 Å². The van der Waals surface area contributed by atoms with E-state index in [0.717, 1.165) is 40.9 Å². The van der Waals surface area contributed by atoms with Gasteiger partial charge in [0.1, 0.15) is 16.5 Å². The minimum Gasteiger partial charge on any atom is -0.326 e. The Hall–Kier alpha value is -2.62. The fraction of sp³-hybridized carbons (Fsp3) is 0.368. The van der Waals surface area contributed by atoms with E-state index in [-0.39, 0.29) is 5.52 Å². The van der Waals surface area contributed by atoms with Gasteiger partial charge in [0.15, 0.2) is 5.65 Å². The highest BCUT2D eigenvalue weighted by Gasteiger charge is 2.34. The summed E-state index contributed by atoms with van der Waals surface area (Å²) in [6.07, 6.45) is 0.724. The van der Waals surface area contributed by atoms with Gasteiger partial charge in [-0.25, -0.2) is 19.5 Å². The van der Waals surface area contributed by atoms with Crippen LogP contribution in [0.2, 0.25) is 0 Å². The van der Waals surface area contributed by atoms with Gasteiger partial charge >= 0.3 is 6.18 Å². The Balaban J connectivity index is 1.76. The summed E-state index contributed by atoms with van der Waals surface area (Å²) < 4.78 is 42.8. The number of imidazole rings is 1. The zero-order valence-corrected chi connectivity index (χ0v) is 16.5. The molecular weight excluding hydrogens is 401 g/mol. The Morgan fingerprint density at radius 2 is 2.03 bits per heavy atom. The van der Waals surface area contributed by atoms with E-state index < -0.39 is 11.9 Å². The van der Waals surface area contributed by atoms with Crippen LogP contribution in [-0.4, -0.2) is 34.9 Å². The Bertz CT molecular complexity index is 1240. The Labute approximate surface area is 168 Å². The molecule has 4 aromatic heterocycles. The van der Waals surface area contributed by atoms with E-state index in [4.69, 9.17) is 5.10 Å².